The summed E-state index contributed by atoms with van der Waals surface area (Å²) < 4.78 is 52.4. The van der Waals surface area contributed by atoms with Gasteiger partial charge in [-0.05, 0) is 25.1 Å². The summed E-state index contributed by atoms with van der Waals surface area (Å²) in [7, 11) is -8.69. The van der Waals surface area contributed by atoms with Crippen molar-refractivity contribution in [2.24, 2.45) is 5.92 Å². The normalized spacial score (nSPS) is 20.7. The molecule has 25 heavy (non-hydrogen) atoms. The number of Topliss-reactive ketones (excluding diaryl/α,β-unsaturated/α-hetero) is 1. The third kappa shape index (κ3) is 2.90. The molecule has 1 aliphatic rings. The van der Waals surface area contributed by atoms with Crippen LogP contribution in [0.3, 0.4) is 0 Å². The molecule has 6 nitrogen and oxygen atoms in total. The molecule has 0 N–H and O–H groups in total. The van der Waals surface area contributed by atoms with Crippen molar-refractivity contribution in [1.29, 1.82) is 0 Å². The minimum Gasteiger partial charge on any atom is -0.294 e. The lowest BCUT2D eigenvalue weighted by atomic mass is 10.00. The molecule has 0 amide bonds. The number of aryl methyl sites for hydroxylation is 1. The van der Waals surface area contributed by atoms with Gasteiger partial charge in [-0.15, -0.1) is 0 Å². The molecule has 0 aliphatic carbocycles. The van der Waals surface area contributed by atoms with Gasteiger partial charge in [-0.1, -0.05) is 46.5 Å². The van der Waals surface area contributed by atoms with E-state index in [0.29, 0.717) is 3.71 Å². The molecule has 8 heteroatoms. The van der Waals surface area contributed by atoms with Crippen LogP contribution < -0.4 is 0 Å². The largest absolute Gasteiger partial charge is 0.294 e. The summed E-state index contributed by atoms with van der Waals surface area (Å²) in [6.07, 6.45) is 0. The predicted octanol–water partition coefficient (Wildman–Crippen LogP) is 2.21. The SMILES string of the molecule is Cc1ccc(S(=O)(=O)N2CC(C)C(=O)c3ccccc3S2(=O)=O)cc1. The molecule has 1 unspecified atom stereocenters. The first kappa shape index (κ1) is 17.8. The monoisotopic (exact) mass is 379 g/mol. The molecule has 0 bridgehead atoms. The number of carbonyl (C=O) groups excluding carboxylic acids is 1. The van der Waals surface area contributed by atoms with Crippen LogP contribution >= 0.6 is 0 Å². The fraction of sp³-hybridized carbons (Fsp3) is 0.235. The van der Waals surface area contributed by atoms with E-state index in [1.165, 1.54) is 37.3 Å². The number of benzene rings is 2. The first-order chi connectivity index (χ1) is 11.7. The Hall–Kier alpha value is -2.03. The van der Waals surface area contributed by atoms with E-state index in [4.69, 9.17) is 0 Å². The first-order valence-corrected chi connectivity index (χ1v) is 10.5. The van der Waals surface area contributed by atoms with Crippen LogP contribution in [0, 0.1) is 12.8 Å². The summed E-state index contributed by atoms with van der Waals surface area (Å²) in [5.74, 6) is -1.17. The standard InChI is InChI=1S/C17H17NO5S2/c1-12-7-9-14(10-8-12)24(20,21)18-11-13(2)17(19)15-5-3-4-6-16(15)25(18,22)23/h3-10,13H,11H2,1-2H3. The molecule has 0 saturated carbocycles. The Morgan fingerprint density at radius 2 is 1.64 bits per heavy atom. The smallest absolute Gasteiger partial charge is 0.257 e. The molecule has 1 atom stereocenters. The fourth-order valence-electron chi connectivity index (χ4n) is 2.73. The molecule has 2 aromatic rings. The van der Waals surface area contributed by atoms with E-state index in [-0.39, 0.29) is 21.1 Å². The number of hydrogen-bond donors (Lipinski definition) is 0. The summed E-state index contributed by atoms with van der Waals surface area (Å²) >= 11 is 0. The van der Waals surface area contributed by atoms with Crippen molar-refractivity contribution in [3.8, 4) is 0 Å². The lowest BCUT2D eigenvalue weighted by molar-refractivity contribution is 0.0925. The van der Waals surface area contributed by atoms with Gasteiger partial charge in [0.25, 0.3) is 20.0 Å². The molecule has 1 aliphatic heterocycles. The highest BCUT2D eigenvalue weighted by Gasteiger charge is 2.43. The minimum absolute atomic E-state index is 0.0246. The maximum absolute atomic E-state index is 13.0. The Balaban J connectivity index is 2.23. The van der Waals surface area contributed by atoms with Crippen LogP contribution in [0.25, 0.3) is 0 Å². The van der Waals surface area contributed by atoms with Crippen LogP contribution in [0.4, 0.5) is 0 Å². The van der Waals surface area contributed by atoms with Crippen LogP contribution in [0.15, 0.2) is 58.3 Å². The average molecular weight is 379 g/mol. The summed E-state index contributed by atoms with van der Waals surface area (Å²) in [6.45, 7) is 2.90. The van der Waals surface area contributed by atoms with Gasteiger partial charge in [0, 0.05) is 18.0 Å². The summed E-state index contributed by atoms with van der Waals surface area (Å²) in [5.41, 5.74) is 0.878. The molecule has 0 fully saturated rings. The number of hydrogen-bond acceptors (Lipinski definition) is 5. The zero-order chi connectivity index (χ0) is 18.4. The van der Waals surface area contributed by atoms with E-state index in [9.17, 15) is 21.6 Å². The highest BCUT2D eigenvalue weighted by atomic mass is 32.3. The zero-order valence-corrected chi connectivity index (χ0v) is 15.3. The number of sulfonamides is 2. The van der Waals surface area contributed by atoms with Crippen LogP contribution in [0.2, 0.25) is 0 Å². The van der Waals surface area contributed by atoms with Gasteiger partial charge in [0.2, 0.25) is 0 Å². The van der Waals surface area contributed by atoms with E-state index in [2.05, 4.69) is 0 Å². The van der Waals surface area contributed by atoms with Crippen LogP contribution in [-0.2, 0) is 20.0 Å². The quantitative estimate of drug-likeness (QED) is 0.798. The second-order valence-corrected chi connectivity index (χ2v) is 9.96. The Morgan fingerprint density at radius 1 is 1.04 bits per heavy atom. The number of nitrogens with zero attached hydrogens (tertiary/aromatic N) is 1. The van der Waals surface area contributed by atoms with E-state index in [0.717, 1.165) is 5.56 Å². The summed E-state index contributed by atoms with van der Waals surface area (Å²) in [5, 5.41) is 0. The Labute approximate surface area is 147 Å². The van der Waals surface area contributed by atoms with Crippen LogP contribution in [-0.4, -0.2) is 32.9 Å². The third-order valence-corrected chi connectivity index (χ3v) is 8.48. The van der Waals surface area contributed by atoms with Gasteiger partial charge in [-0.3, -0.25) is 4.79 Å². The van der Waals surface area contributed by atoms with E-state index >= 15 is 0 Å². The molecular formula is C17H17NO5S2. The number of fused-ring (bicyclic) bond motifs is 1. The van der Waals surface area contributed by atoms with Gasteiger partial charge in [0.1, 0.15) is 0 Å². The van der Waals surface area contributed by atoms with E-state index in [1.54, 1.807) is 25.1 Å². The highest BCUT2D eigenvalue weighted by Crippen LogP contribution is 2.32. The predicted molar refractivity (Wildman–Crippen MR) is 92.2 cm³/mol. The highest BCUT2D eigenvalue weighted by molar-refractivity contribution is 8.04. The number of rotatable bonds is 2. The summed E-state index contributed by atoms with van der Waals surface area (Å²) in [6, 6.07) is 11.6. The van der Waals surface area contributed by atoms with E-state index in [1.807, 2.05) is 0 Å². The molecule has 0 radical (unpaired) electrons. The summed E-state index contributed by atoms with van der Waals surface area (Å²) in [4.78, 5) is 12.1. The lowest BCUT2D eigenvalue weighted by Crippen LogP contribution is -2.39. The third-order valence-electron chi connectivity index (χ3n) is 4.16. The van der Waals surface area contributed by atoms with Crippen molar-refractivity contribution in [3.63, 3.8) is 0 Å². The van der Waals surface area contributed by atoms with E-state index < -0.39 is 32.5 Å². The van der Waals surface area contributed by atoms with Crippen molar-refractivity contribution < 1.29 is 21.6 Å². The molecule has 0 aromatic heterocycles. The first-order valence-electron chi connectivity index (χ1n) is 7.63. The van der Waals surface area contributed by atoms with Gasteiger partial charge < -0.3 is 0 Å². The zero-order valence-electron chi connectivity index (χ0n) is 13.7. The van der Waals surface area contributed by atoms with Crippen LogP contribution in [0.1, 0.15) is 22.8 Å². The molecule has 1 heterocycles. The van der Waals surface area contributed by atoms with Gasteiger partial charge in [0.15, 0.2) is 5.78 Å². The topological polar surface area (TPSA) is 88.6 Å². The van der Waals surface area contributed by atoms with Crippen molar-refractivity contribution >= 4 is 25.8 Å². The lowest BCUT2D eigenvalue weighted by Gasteiger charge is -2.21. The fourth-order valence-corrected chi connectivity index (χ4v) is 6.73. The Morgan fingerprint density at radius 3 is 2.28 bits per heavy atom. The van der Waals surface area contributed by atoms with Gasteiger partial charge in [-0.25, -0.2) is 16.8 Å². The molecule has 2 aromatic carbocycles. The maximum Gasteiger partial charge on any atom is 0.257 e. The second-order valence-electron chi connectivity index (χ2n) is 6.04. The molecule has 0 saturated heterocycles. The van der Waals surface area contributed by atoms with Gasteiger partial charge in [0.05, 0.1) is 9.79 Å². The molecular weight excluding hydrogens is 362 g/mol. The average Bonchev–Trinajstić information content (AvgIpc) is 2.65. The molecule has 0 spiro atoms. The molecule has 132 valence electrons. The number of carbonyl (C=O) groups is 1. The molecule has 3 rings (SSSR count). The number of ketones is 1. The van der Waals surface area contributed by atoms with Crippen molar-refractivity contribution in [2.75, 3.05) is 6.54 Å². The van der Waals surface area contributed by atoms with Crippen LogP contribution in [0.5, 0.6) is 0 Å². The van der Waals surface area contributed by atoms with Crippen molar-refractivity contribution in [1.82, 2.24) is 3.71 Å². The Bertz CT molecular complexity index is 1040. The maximum atomic E-state index is 13.0. The van der Waals surface area contributed by atoms with Crippen molar-refractivity contribution in [2.45, 2.75) is 23.6 Å². The Kier molecular flexibility index (Phi) is 4.30. The van der Waals surface area contributed by atoms with Crippen molar-refractivity contribution in [3.05, 3.63) is 59.7 Å². The van der Waals surface area contributed by atoms with Gasteiger partial charge in [-0.2, -0.15) is 0 Å². The van der Waals surface area contributed by atoms with Gasteiger partial charge >= 0.3 is 0 Å². The second kappa shape index (κ2) is 6.05. The minimum atomic E-state index is -4.38.